The minimum atomic E-state index is -0.934. The van der Waals surface area contributed by atoms with Gasteiger partial charge in [-0.15, -0.1) is 0 Å². The Bertz CT molecular complexity index is 1110. The Morgan fingerprint density at radius 3 is 2.46 bits per heavy atom. The zero-order chi connectivity index (χ0) is 19.8. The highest BCUT2D eigenvalue weighted by Gasteiger charge is 2.45. The van der Waals surface area contributed by atoms with Crippen LogP contribution in [0.3, 0.4) is 0 Å². The van der Waals surface area contributed by atoms with Gasteiger partial charge in [0.2, 0.25) is 5.91 Å². The van der Waals surface area contributed by atoms with E-state index in [-0.39, 0.29) is 11.1 Å². The van der Waals surface area contributed by atoms with Gasteiger partial charge < -0.3 is 0 Å². The Kier molecular flexibility index (Phi) is 4.65. The first kappa shape index (κ1) is 18.3. The number of carbonyl (C=O) groups is 3. The Balaban J connectivity index is 1.78. The van der Waals surface area contributed by atoms with E-state index in [2.05, 4.69) is 0 Å². The van der Waals surface area contributed by atoms with Crippen molar-refractivity contribution in [3.05, 3.63) is 72.3 Å². The van der Waals surface area contributed by atoms with Gasteiger partial charge in [0.15, 0.2) is 5.37 Å². The number of hydrogen-bond acceptors (Lipinski definition) is 4. The summed E-state index contributed by atoms with van der Waals surface area (Å²) in [6.07, 6.45) is 0. The van der Waals surface area contributed by atoms with E-state index in [1.807, 2.05) is 49.4 Å². The van der Waals surface area contributed by atoms with Crippen LogP contribution < -0.4 is 9.80 Å². The second kappa shape index (κ2) is 7.13. The van der Waals surface area contributed by atoms with Crippen molar-refractivity contribution in [3.63, 3.8) is 0 Å². The van der Waals surface area contributed by atoms with E-state index in [9.17, 15) is 14.4 Å². The van der Waals surface area contributed by atoms with E-state index in [0.29, 0.717) is 11.4 Å². The van der Waals surface area contributed by atoms with Crippen LogP contribution in [-0.4, -0.2) is 22.4 Å². The molecule has 1 heterocycles. The predicted molar refractivity (Wildman–Crippen MR) is 113 cm³/mol. The third-order valence-electron chi connectivity index (χ3n) is 4.69. The van der Waals surface area contributed by atoms with Gasteiger partial charge >= 0.3 is 0 Å². The number of aryl methyl sites for hydroxylation is 1. The molecule has 0 spiro atoms. The van der Waals surface area contributed by atoms with Gasteiger partial charge in [0, 0.05) is 12.3 Å². The molecular formula is C22H18N2O3S. The average Bonchev–Trinajstić information content (AvgIpc) is 2.96. The molecular weight excluding hydrogens is 372 g/mol. The number of fused-ring (bicyclic) bond motifs is 1. The summed E-state index contributed by atoms with van der Waals surface area (Å²) in [6.45, 7) is 3.31. The van der Waals surface area contributed by atoms with Crippen LogP contribution in [0.4, 0.5) is 16.2 Å². The van der Waals surface area contributed by atoms with Crippen molar-refractivity contribution in [1.29, 1.82) is 0 Å². The van der Waals surface area contributed by atoms with E-state index in [0.717, 1.165) is 33.0 Å². The first-order valence-electron chi connectivity index (χ1n) is 8.86. The maximum absolute atomic E-state index is 13.2. The third kappa shape index (κ3) is 3.05. The lowest BCUT2D eigenvalue weighted by molar-refractivity contribution is -0.121. The van der Waals surface area contributed by atoms with Gasteiger partial charge in [0.25, 0.3) is 11.1 Å². The number of benzene rings is 3. The minimum absolute atomic E-state index is 0.291. The summed E-state index contributed by atoms with van der Waals surface area (Å²) >= 11 is 0.865. The van der Waals surface area contributed by atoms with Crippen LogP contribution in [0.1, 0.15) is 12.5 Å². The van der Waals surface area contributed by atoms with E-state index in [4.69, 9.17) is 0 Å². The molecule has 1 fully saturated rings. The maximum atomic E-state index is 13.2. The highest BCUT2D eigenvalue weighted by atomic mass is 32.2. The highest BCUT2D eigenvalue weighted by molar-refractivity contribution is 8.16. The molecule has 3 aromatic rings. The van der Waals surface area contributed by atoms with Crippen LogP contribution in [0.5, 0.6) is 0 Å². The van der Waals surface area contributed by atoms with Crippen molar-refractivity contribution in [3.8, 4) is 0 Å². The normalized spacial score (nSPS) is 16.6. The molecule has 0 radical (unpaired) electrons. The Labute approximate surface area is 166 Å². The second-order valence-corrected chi connectivity index (χ2v) is 7.67. The molecule has 0 saturated carbocycles. The molecule has 4 rings (SSSR count). The van der Waals surface area contributed by atoms with Crippen molar-refractivity contribution in [2.24, 2.45) is 0 Å². The molecule has 1 aliphatic rings. The number of anilines is 2. The molecule has 28 heavy (non-hydrogen) atoms. The number of hydrogen-bond donors (Lipinski definition) is 0. The van der Waals surface area contributed by atoms with Crippen LogP contribution in [0.2, 0.25) is 0 Å². The fourth-order valence-electron chi connectivity index (χ4n) is 3.44. The Morgan fingerprint density at radius 1 is 1.00 bits per heavy atom. The number of imide groups is 1. The predicted octanol–water partition coefficient (Wildman–Crippen LogP) is 4.73. The van der Waals surface area contributed by atoms with Gasteiger partial charge in [-0.1, -0.05) is 48.5 Å². The maximum Gasteiger partial charge on any atom is 0.295 e. The summed E-state index contributed by atoms with van der Waals surface area (Å²) in [7, 11) is 0. The Morgan fingerprint density at radius 2 is 1.71 bits per heavy atom. The van der Waals surface area contributed by atoms with Crippen LogP contribution in [0.25, 0.3) is 10.8 Å². The SMILES string of the molecule is CC(=O)N(c1cccc2ccccc12)C1SC(=O)N(c2cccc(C)c2)C1=O. The second-order valence-electron chi connectivity index (χ2n) is 6.64. The van der Waals surface area contributed by atoms with Crippen molar-refractivity contribution < 1.29 is 14.4 Å². The summed E-state index contributed by atoms with van der Waals surface area (Å²) in [5, 5.41) is 0.502. The number of amides is 3. The first-order chi connectivity index (χ1) is 13.5. The van der Waals surface area contributed by atoms with Crippen LogP contribution in [0, 0.1) is 6.92 Å². The van der Waals surface area contributed by atoms with Crippen LogP contribution in [-0.2, 0) is 9.59 Å². The fraction of sp³-hybridized carbons (Fsp3) is 0.136. The summed E-state index contributed by atoms with van der Waals surface area (Å²) in [4.78, 5) is 41.0. The molecule has 6 heteroatoms. The van der Waals surface area contributed by atoms with Gasteiger partial charge in [-0.3, -0.25) is 19.3 Å². The van der Waals surface area contributed by atoms with Crippen molar-refractivity contribution >= 4 is 51.0 Å². The van der Waals surface area contributed by atoms with Gasteiger partial charge in [0.05, 0.1) is 11.4 Å². The summed E-state index contributed by atoms with van der Waals surface area (Å²) in [5.74, 6) is -0.704. The molecule has 0 aromatic heterocycles. The molecule has 1 atom stereocenters. The Hall–Kier alpha value is -3.12. The van der Waals surface area contributed by atoms with Gasteiger partial charge in [-0.05, 0) is 47.8 Å². The first-order valence-corrected chi connectivity index (χ1v) is 9.74. The van der Waals surface area contributed by atoms with Gasteiger partial charge in [-0.2, -0.15) is 0 Å². The molecule has 0 N–H and O–H groups in total. The number of carbonyl (C=O) groups excluding carboxylic acids is 3. The monoisotopic (exact) mass is 390 g/mol. The summed E-state index contributed by atoms with van der Waals surface area (Å²) in [5.41, 5.74) is 2.09. The van der Waals surface area contributed by atoms with E-state index in [1.54, 1.807) is 24.3 Å². The third-order valence-corrected chi connectivity index (χ3v) is 5.71. The number of nitrogens with zero attached hydrogens (tertiary/aromatic N) is 2. The van der Waals surface area contributed by atoms with Gasteiger partial charge in [0.1, 0.15) is 0 Å². The quantitative estimate of drug-likeness (QED) is 0.649. The van der Waals surface area contributed by atoms with Crippen LogP contribution in [0.15, 0.2) is 66.7 Å². The highest BCUT2D eigenvalue weighted by Crippen LogP contribution is 2.38. The summed E-state index contributed by atoms with van der Waals surface area (Å²) in [6, 6.07) is 20.5. The largest absolute Gasteiger partial charge is 0.295 e. The lowest BCUT2D eigenvalue weighted by Gasteiger charge is -2.27. The van der Waals surface area contributed by atoms with Crippen LogP contribution >= 0.6 is 11.8 Å². The zero-order valence-electron chi connectivity index (χ0n) is 15.5. The smallest absolute Gasteiger partial charge is 0.290 e. The zero-order valence-corrected chi connectivity index (χ0v) is 16.3. The minimum Gasteiger partial charge on any atom is -0.290 e. The van der Waals surface area contributed by atoms with Crippen molar-refractivity contribution in [2.75, 3.05) is 9.80 Å². The van der Waals surface area contributed by atoms with Crippen molar-refractivity contribution in [2.45, 2.75) is 19.2 Å². The topological polar surface area (TPSA) is 57.7 Å². The lowest BCUT2D eigenvalue weighted by Crippen LogP contribution is -2.44. The molecule has 3 aromatic carbocycles. The van der Waals surface area contributed by atoms with E-state index in [1.165, 1.54) is 11.8 Å². The van der Waals surface area contributed by atoms with E-state index < -0.39 is 11.3 Å². The lowest BCUT2D eigenvalue weighted by atomic mass is 10.1. The molecule has 3 amide bonds. The standard InChI is InChI=1S/C22H18N2O3S/c1-14-7-5-10-17(13-14)24-20(26)21(28-22(24)27)23(15(2)25)19-12-6-9-16-8-3-4-11-18(16)19/h3-13,21H,1-2H3. The molecule has 0 aliphatic carbocycles. The van der Waals surface area contributed by atoms with E-state index >= 15 is 0 Å². The molecule has 5 nitrogen and oxygen atoms in total. The number of thioether (sulfide) groups is 1. The average molecular weight is 390 g/mol. The van der Waals surface area contributed by atoms with Crippen molar-refractivity contribution in [1.82, 2.24) is 0 Å². The molecule has 1 saturated heterocycles. The molecule has 1 unspecified atom stereocenters. The number of rotatable bonds is 3. The molecule has 1 aliphatic heterocycles. The molecule has 140 valence electrons. The summed E-state index contributed by atoms with van der Waals surface area (Å²) < 4.78 is 0. The fourth-order valence-corrected chi connectivity index (χ4v) is 4.51. The molecule has 0 bridgehead atoms. The van der Waals surface area contributed by atoms with Gasteiger partial charge in [-0.25, -0.2) is 4.90 Å².